The SMILES string of the molecule is CC(=O)OC1[C@H](OC(C)=O)OC2CO[C@@H]2[C@@H]1OC(C)=O. The Morgan fingerprint density at radius 3 is 1.90 bits per heavy atom. The first-order chi connectivity index (χ1) is 9.38. The lowest BCUT2D eigenvalue weighted by atomic mass is 9.95. The van der Waals surface area contributed by atoms with Gasteiger partial charge in [0.2, 0.25) is 12.4 Å². The second-order valence-electron chi connectivity index (χ2n) is 4.60. The highest BCUT2D eigenvalue weighted by Gasteiger charge is 2.56. The summed E-state index contributed by atoms with van der Waals surface area (Å²) in [6.07, 6.45) is -3.94. The summed E-state index contributed by atoms with van der Waals surface area (Å²) in [5.41, 5.74) is 0. The fraction of sp³-hybridized carbons (Fsp3) is 0.750. The summed E-state index contributed by atoms with van der Waals surface area (Å²) in [5.74, 6) is -1.75. The molecular formula is C12H16O8. The molecule has 0 saturated carbocycles. The van der Waals surface area contributed by atoms with Gasteiger partial charge in [-0.1, -0.05) is 0 Å². The molecule has 0 spiro atoms. The van der Waals surface area contributed by atoms with E-state index in [1.807, 2.05) is 0 Å². The molecule has 0 amide bonds. The Hall–Kier alpha value is -1.67. The zero-order chi connectivity index (χ0) is 14.9. The Morgan fingerprint density at radius 2 is 1.45 bits per heavy atom. The quantitative estimate of drug-likeness (QED) is 0.508. The van der Waals surface area contributed by atoms with Gasteiger partial charge in [0.05, 0.1) is 6.61 Å². The van der Waals surface area contributed by atoms with Gasteiger partial charge in [-0.25, -0.2) is 0 Å². The number of fused-ring (bicyclic) bond motifs is 1. The number of carbonyl (C=O) groups is 3. The highest BCUT2D eigenvalue weighted by atomic mass is 16.8. The molecule has 0 aromatic heterocycles. The molecule has 0 aromatic carbocycles. The first-order valence-electron chi connectivity index (χ1n) is 6.17. The summed E-state index contributed by atoms with van der Waals surface area (Å²) in [5, 5.41) is 0. The first-order valence-corrected chi connectivity index (χ1v) is 6.17. The summed E-state index contributed by atoms with van der Waals surface area (Å²) >= 11 is 0. The van der Waals surface area contributed by atoms with E-state index >= 15 is 0 Å². The van der Waals surface area contributed by atoms with Crippen molar-refractivity contribution >= 4 is 17.9 Å². The number of ether oxygens (including phenoxy) is 5. The third-order valence-corrected chi connectivity index (χ3v) is 2.93. The van der Waals surface area contributed by atoms with Crippen molar-refractivity contribution in [3.05, 3.63) is 0 Å². The van der Waals surface area contributed by atoms with Crippen LogP contribution in [0.3, 0.4) is 0 Å². The fourth-order valence-electron chi connectivity index (χ4n) is 2.20. The van der Waals surface area contributed by atoms with E-state index < -0.39 is 42.5 Å². The molecule has 2 unspecified atom stereocenters. The Kier molecular flexibility index (Phi) is 4.24. The third kappa shape index (κ3) is 3.07. The summed E-state index contributed by atoms with van der Waals surface area (Å²) < 4.78 is 26.0. The molecular weight excluding hydrogens is 272 g/mol. The molecule has 2 fully saturated rings. The van der Waals surface area contributed by atoms with Crippen LogP contribution in [0.25, 0.3) is 0 Å². The van der Waals surface area contributed by atoms with E-state index in [2.05, 4.69) is 0 Å². The molecule has 0 aromatic rings. The van der Waals surface area contributed by atoms with Crippen LogP contribution >= 0.6 is 0 Å². The van der Waals surface area contributed by atoms with Gasteiger partial charge in [-0.3, -0.25) is 14.4 Å². The minimum atomic E-state index is -1.12. The smallest absolute Gasteiger partial charge is 0.305 e. The normalized spacial score (nSPS) is 35.2. The molecule has 0 N–H and O–H groups in total. The molecule has 2 aliphatic rings. The number of rotatable bonds is 3. The summed E-state index contributed by atoms with van der Waals surface area (Å²) in [4.78, 5) is 33.5. The average Bonchev–Trinajstić information content (AvgIpc) is 2.26. The van der Waals surface area contributed by atoms with Crippen LogP contribution < -0.4 is 0 Å². The van der Waals surface area contributed by atoms with Crippen molar-refractivity contribution in [2.75, 3.05) is 6.61 Å². The average molecular weight is 288 g/mol. The molecule has 2 saturated heterocycles. The van der Waals surface area contributed by atoms with Gasteiger partial charge in [0.15, 0.2) is 6.10 Å². The maximum absolute atomic E-state index is 11.2. The second kappa shape index (κ2) is 5.76. The summed E-state index contributed by atoms with van der Waals surface area (Å²) in [6, 6.07) is 0. The van der Waals surface area contributed by atoms with Crippen molar-refractivity contribution in [2.24, 2.45) is 0 Å². The predicted molar refractivity (Wildman–Crippen MR) is 61.3 cm³/mol. The van der Waals surface area contributed by atoms with Crippen LogP contribution in [0.4, 0.5) is 0 Å². The van der Waals surface area contributed by atoms with Crippen molar-refractivity contribution in [3.8, 4) is 0 Å². The lowest BCUT2D eigenvalue weighted by Gasteiger charge is -2.49. The maximum atomic E-state index is 11.2. The molecule has 2 rings (SSSR count). The van der Waals surface area contributed by atoms with E-state index in [4.69, 9.17) is 23.7 Å². The van der Waals surface area contributed by atoms with Crippen molar-refractivity contribution in [2.45, 2.75) is 51.5 Å². The van der Waals surface area contributed by atoms with Gasteiger partial charge in [-0.05, 0) is 0 Å². The topological polar surface area (TPSA) is 97.4 Å². The molecule has 20 heavy (non-hydrogen) atoms. The monoisotopic (exact) mass is 288 g/mol. The molecule has 2 aliphatic heterocycles. The standard InChI is InChI=1S/C12H16O8/c1-5(13)17-10-9-8(4-16-9)20-12(19-7(3)15)11(10)18-6(2)14/h8-12H,4H2,1-3H3/t8?,9-,10-,11?,12+/m0/s1. The van der Waals surface area contributed by atoms with Crippen molar-refractivity contribution in [1.82, 2.24) is 0 Å². The minimum absolute atomic E-state index is 0.299. The lowest BCUT2D eigenvalue weighted by molar-refractivity contribution is -0.344. The van der Waals surface area contributed by atoms with Crippen LogP contribution in [0.2, 0.25) is 0 Å². The van der Waals surface area contributed by atoms with E-state index in [1.54, 1.807) is 0 Å². The van der Waals surface area contributed by atoms with Crippen LogP contribution in [-0.2, 0) is 38.1 Å². The van der Waals surface area contributed by atoms with Crippen molar-refractivity contribution in [3.63, 3.8) is 0 Å². The van der Waals surface area contributed by atoms with Gasteiger partial charge in [-0.15, -0.1) is 0 Å². The molecule has 5 atom stereocenters. The van der Waals surface area contributed by atoms with Gasteiger partial charge in [0.1, 0.15) is 12.2 Å². The maximum Gasteiger partial charge on any atom is 0.305 e. The van der Waals surface area contributed by atoms with Gasteiger partial charge in [-0.2, -0.15) is 0 Å². The van der Waals surface area contributed by atoms with E-state index in [0.717, 1.165) is 0 Å². The molecule has 0 bridgehead atoms. The minimum Gasteiger partial charge on any atom is -0.455 e. The molecule has 8 heteroatoms. The fourth-order valence-corrected chi connectivity index (χ4v) is 2.20. The third-order valence-electron chi connectivity index (χ3n) is 2.93. The van der Waals surface area contributed by atoms with Crippen LogP contribution in [0.15, 0.2) is 0 Å². The number of carbonyl (C=O) groups excluding carboxylic acids is 3. The van der Waals surface area contributed by atoms with Gasteiger partial charge in [0, 0.05) is 20.8 Å². The zero-order valence-corrected chi connectivity index (χ0v) is 11.4. The number of esters is 3. The van der Waals surface area contributed by atoms with Gasteiger partial charge in [0.25, 0.3) is 0 Å². The Labute approximate surface area is 115 Å². The van der Waals surface area contributed by atoms with E-state index in [0.29, 0.717) is 6.61 Å². The van der Waals surface area contributed by atoms with Gasteiger partial charge >= 0.3 is 17.9 Å². The number of hydrogen-bond donors (Lipinski definition) is 0. The predicted octanol–water partition coefficient (Wildman–Crippen LogP) is -0.463. The first kappa shape index (κ1) is 14.7. The number of hydrogen-bond acceptors (Lipinski definition) is 8. The van der Waals surface area contributed by atoms with Gasteiger partial charge < -0.3 is 23.7 Å². The highest BCUT2D eigenvalue weighted by Crippen LogP contribution is 2.34. The van der Waals surface area contributed by atoms with Crippen LogP contribution in [-0.4, -0.2) is 55.2 Å². The van der Waals surface area contributed by atoms with Crippen LogP contribution in [0.1, 0.15) is 20.8 Å². The second-order valence-corrected chi connectivity index (χ2v) is 4.60. The molecule has 0 radical (unpaired) electrons. The van der Waals surface area contributed by atoms with E-state index in [9.17, 15) is 14.4 Å². The van der Waals surface area contributed by atoms with E-state index in [1.165, 1.54) is 20.8 Å². The summed E-state index contributed by atoms with van der Waals surface area (Å²) in [7, 11) is 0. The Bertz CT molecular complexity index is 420. The van der Waals surface area contributed by atoms with Crippen LogP contribution in [0.5, 0.6) is 0 Å². The van der Waals surface area contributed by atoms with Crippen molar-refractivity contribution < 1.29 is 38.1 Å². The van der Waals surface area contributed by atoms with E-state index in [-0.39, 0.29) is 6.10 Å². The largest absolute Gasteiger partial charge is 0.455 e. The lowest BCUT2D eigenvalue weighted by Crippen LogP contribution is -2.67. The summed E-state index contributed by atoms with van der Waals surface area (Å²) in [6.45, 7) is 3.93. The highest BCUT2D eigenvalue weighted by molar-refractivity contribution is 5.68. The Morgan fingerprint density at radius 1 is 0.900 bits per heavy atom. The molecule has 112 valence electrons. The van der Waals surface area contributed by atoms with Crippen LogP contribution in [0, 0.1) is 0 Å². The zero-order valence-electron chi connectivity index (χ0n) is 11.4. The molecule has 2 heterocycles. The molecule has 0 aliphatic carbocycles. The molecule has 8 nitrogen and oxygen atoms in total. The Balaban J connectivity index is 2.19. The van der Waals surface area contributed by atoms with Crippen molar-refractivity contribution in [1.29, 1.82) is 0 Å².